The van der Waals surface area contributed by atoms with Gasteiger partial charge >= 0.3 is 0 Å². The molecule has 0 aliphatic carbocycles. The van der Waals surface area contributed by atoms with Gasteiger partial charge in [-0.1, -0.05) is 30.3 Å². The van der Waals surface area contributed by atoms with Crippen LogP contribution in [-0.4, -0.2) is 30.8 Å². The van der Waals surface area contributed by atoms with E-state index in [1.54, 1.807) is 41.1 Å². The van der Waals surface area contributed by atoms with E-state index in [2.05, 4.69) is 0 Å². The van der Waals surface area contributed by atoms with Crippen molar-refractivity contribution in [3.8, 4) is 5.75 Å². The number of nitrogens with zero attached hydrogens (tertiary/aromatic N) is 2. The molecule has 168 valence electrons. The number of thioether (sulfide) groups is 1. The molecule has 7 heteroatoms. The van der Waals surface area contributed by atoms with Crippen LogP contribution in [0.3, 0.4) is 0 Å². The van der Waals surface area contributed by atoms with Crippen LogP contribution in [0, 0.1) is 5.92 Å². The fourth-order valence-corrected chi connectivity index (χ4v) is 4.87. The zero-order chi connectivity index (χ0) is 22.9. The molecule has 6 nitrogen and oxygen atoms in total. The summed E-state index contributed by atoms with van der Waals surface area (Å²) in [6.07, 6.45) is 1.14. The number of anilines is 2. The van der Waals surface area contributed by atoms with Crippen molar-refractivity contribution in [2.75, 3.05) is 22.8 Å². The van der Waals surface area contributed by atoms with E-state index in [1.807, 2.05) is 67.8 Å². The van der Waals surface area contributed by atoms with Crippen molar-refractivity contribution in [3.05, 3.63) is 84.4 Å². The summed E-state index contributed by atoms with van der Waals surface area (Å²) >= 11 is 1.66. The molecule has 3 atom stereocenters. The van der Waals surface area contributed by atoms with E-state index in [0.717, 1.165) is 16.1 Å². The van der Waals surface area contributed by atoms with Gasteiger partial charge in [-0.2, -0.15) is 0 Å². The van der Waals surface area contributed by atoms with Crippen LogP contribution < -0.4 is 14.7 Å². The zero-order valence-corrected chi connectivity index (χ0v) is 19.2. The molecule has 3 aromatic rings. The molecule has 2 aliphatic heterocycles. The molecule has 0 bridgehead atoms. The monoisotopic (exact) mass is 460 g/mol. The minimum absolute atomic E-state index is 0.258. The van der Waals surface area contributed by atoms with Gasteiger partial charge in [-0.25, -0.2) is 9.96 Å². The van der Waals surface area contributed by atoms with Gasteiger partial charge in [-0.05, 0) is 67.3 Å². The Hall–Kier alpha value is -3.29. The van der Waals surface area contributed by atoms with E-state index in [9.17, 15) is 9.59 Å². The van der Waals surface area contributed by atoms with Crippen LogP contribution in [-0.2, 0) is 14.4 Å². The maximum atomic E-state index is 13.7. The van der Waals surface area contributed by atoms with E-state index >= 15 is 0 Å². The van der Waals surface area contributed by atoms with E-state index in [4.69, 9.17) is 9.57 Å². The highest BCUT2D eigenvalue weighted by Gasteiger charge is 2.60. The second kappa shape index (κ2) is 8.92. The van der Waals surface area contributed by atoms with Gasteiger partial charge in [-0.3, -0.25) is 14.4 Å². The van der Waals surface area contributed by atoms with Gasteiger partial charge in [0.15, 0.2) is 6.10 Å². The zero-order valence-electron chi connectivity index (χ0n) is 18.4. The number of imide groups is 1. The Balaban J connectivity index is 1.52. The molecule has 0 aromatic heterocycles. The van der Waals surface area contributed by atoms with Gasteiger partial charge in [0.25, 0.3) is 5.91 Å². The molecule has 0 unspecified atom stereocenters. The van der Waals surface area contributed by atoms with E-state index < -0.39 is 18.1 Å². The van der Waals surface area contributed by atoms with Gasteiger partial charge in [0.05, 0.1) is 24.0 Å². The summed E-state index contributed by atoms with van der Waals surface area (Å²) in [4.78, 5) is 35.6. The van der Waals surface area contributed by atoms with Gasteiger partial charge in [0.2, 0.25) is 5.91 Å². The molecule has 2 amide bonds. The first-order valence-corrected chi connectivity index (χ1v) is 12.1. The summed E-state index contributed by atoms with van der Waals surface area (Å²) in [5, 5.41) is 1.72. The van der Waals surface area contributed by atoms with Gasteiger partial charge in [0.1, 0.15) is 11.7 Å². The molecule has 0 saturated carbocycles. The topological polar surface area (TPSA) is 59.1 Å². The average Bonchev–Trinajstić information content (AvgIpc) is 3.36. The van der Waals surface area contributed by atoms with E-state index in [-0.39, 0.29) is 11.8 Å². The van der Waals surface area contributed by atoms with E-state index in [0.29, 0.717) is 18.0 Å². The molecule has 2 fully saturated rings. The average molecular weight is 461 g/mol. The van der Waals surface area contributed by atoms with Gasteiger partial charge in [0, 0.05) is 4.90 Å². The summed E-state index contributed by atoms with van der Waals surface area (Å²) in [5.41, 5.74) is 2.26. The summed E-state index contributed by atoms with van der Waals surface area (Å²) in [5.74, 6) is -0.562. The summed E-state index contributed by atoms with van der Waals surface area (Å²) in [6, 6.07) is 24.3. The SMILES string of the molecule is CCOc1ccc(N2C(=O)[C@H]3[C@@H](ON(c4ccccc4)[C@H]3c3ccc(SC)cc3)C2=O)cc1. The quantitative estimate of drug-likeness (QED) is 0.387. The lowest BCUT2D eigenvalue weighted by Gasteiger charge is -2.28. The third-order valence-electron chi connectivity index (χ3n) is 5.99. The Morgan fingerprint density at radius 1 is 0.879 bits per heavy atom. The molecular weight excluding hydrogens is 436 g/mol. The standard InChI is InChI=1S/C26H24N2O4S/c1-3-31-20-13-11-18(12-14-20)27-25(29)22-23(17-9-15-21(33-2)16-10-17)28(32-24(22)26(27)30)19-7-5-4-6-8-19/h4-16,22-24H,3H2,1-2H3/t22-,23+,24-/m1/s1. The maximum Gasteiger partial charge on any atom is 0.266 e. The molecule has 2 aliphatic rings. The number of hydroxylamine groups is 1. The predicted octanol–water partition coefficient (Wildman–Crippen LogP) is 4.86. The molecule has 2 heterocycles. The van der Waals surface area contributed by atoms with Crippen molar-refractivity contribution >= 4 is 35.0 Å². The van der Waals surface area contributed by atoms with Gasteiger partial charge < -0.3 is 4.74 Å². The largest absolute Gasteiger partial charge is 0.494 e. The fraction of sp³-hybridized carbons (Fsp3) is 0.231. The minimum atomic E-state index is -0.880. The lowest BCUT2D eigenvalue weighted by molar-refractivity contribution is -0.126. The normalized spacial score (nSPS) is 22.1. The summed E-state index contributed by atoms with van der Waals surface area (Å²) < 4.78 is 5.49. The number of hydrogen-bond donors (Lipinski definition) is 0. The molecule has 2 saturated heterocycles. The van der Waals surface area contributed by atoms with Crippen LogP contribution in [0.4, 0.5) is 11.4 Å². The van der Waals surface area contributed by atoms with Crippen molar-refractivity contribution in [1.29, 1.82) is 0 Å². The smallest absolute Gasteiger partial charge is 0.266 e. The first kappa shape index (κ1) is 21.6. The number of ether oxygens (including phenoxy) is 1. The van der Waals surface area contributed by atoms with Crippen LogP contribution in [0.25, 0.3) is 0 Å². The molecule has 5 rings (SSSR count). The van der Waals surface area contributed by atoms with Crippen LogP contribution in [0.1, 0.15) is 18.5 Å². The number of amides is 2. The number of carbonyl (C=O) groups excluding carboxylic acids is 2. The number of carbonyl (C=O) groups is 2. The second-order valence-corrected chi connectivity index (χ2v) is 8.75. The van der Waals surface area contributed by atoms with Crippen LogP contribution in [0.2, 0.25) is 0 Å². The first-order chi connectivity index (χ1) is 16.1. The highest BCUT2D eigenvalue weighted by Crippen LogP contribution is 2.47. The number of para-hydroxylation sites is 1. The highest BCUT2D eigenvalue weighted by atomic mass is 32.2. The third-order valence-corrected chi connectivity index (χ3v) is 6.73. The van der Waals surface area contributed by atoms with Gasteiger partial charge in [-0.15, -0.1) is 11.8 Å². The lowest BCUT2D eigenvalue weighted by Crippen LogP contribution is -2.37. The maximum absolute atomic E-state index is 13.7. The predicted molar refractivity (Wildman–Crippen MR) is 128 cm³/mol. The lowest BCUT2D eigenvalue weighted by atomic mass is 9.90. The Labute approximate surface area is 197 Å². The Morgan fingerprint density at radius 3 is 2.21 bits per heavy atom. The minimum Gasteiger partial charge on any atom is -0.494 e. The molecule has 3 aromatic carbocycles. The van der Waals surface area contributed by atoms with Crippen molar-refractivity contribution in [2.24, 2.45) is 5.92 Å². The Kier molecular flexibility index (Phi) is 5.83. The number of hydrogen-bond acceptors (Lipinski definition) is 6. The summed E-state index contributed by atoms with van der Waals surface area (Å²) in [6.45, 7) is 2.45. The molecule has 0 spiro atoms. The molecule has 33 heavy (non-hydrogen) atoms. The van der Waals surface area contributed by atoms with Crippen molar-refractivity contribution in [3.63, 3.8) is 0 Å². The fourth-order valence-electron chi connectivity index (χ4n) is 4.47. The summed E-state index contributed by atoms with van der Waals surface area (Å²) in [7, 11) is 0. The van der Waals surface area contributed by atoms with Crippen LogP contribution >= 0.6 is 11.8 Å². The highest BCUT2D eigenvalue weighted by molar-refractivity contribution is 7.98. The van der Waals surface area contributed by atoms with E-state index in [1.165, 1.54) is 4.90 Å². The number of rotatable bonds is 6. The molecule has 0 radical (unpaired) electrons. The van der Waals surface area contributed by atoms with Crippen molar-refractivity contribution < 1.29 is 19.2 Å². The number of benzene rings is 3. The Bertz CT molecular complexity index is 1150. The first-order valence-electron chi connectivity index (χ1n) is 10.9. The Morgan fingerprint density at radius 2 is 1.58 bits per heavy atom. The van der Waals surface area contributed by atoms with Crippen LogP contribution in [0.5, 0.6) is 5.75 Å². The van der Waals surface area contributed by atoms with Crippen molar-refractivity contribution in [2.45, 2.75) is 24.0 Å². The number of fused-ring (bicyclic) bond motifs is 1. The third kappa shape index (κ3) is 3.77. The molecule has 0 N–H and O–H groups in total. The van der Waals surface area contributed by atoms with Crippen LogP contribution in [0.15, 0.2) is 83.8 Å². The second-order valence-electron chi connectivity index (χ2n) is 7.87. The molecular formula is C26H24N2O4S. The van der Waals surface area contributed by atoms with Crippen molar-refractivity contribution in [1.82, 2.24) is 0 Å².